The van der Waals surface area contributed by atoms with Gasteiger partial charge in [-0.05, 0) is 26.2 Å². The largest absolute Gasteiger partial charge is 0.481 e. The lowest BCUT2D eigenvalue weighted by Crippen LogP contribution is -2.45. The van der Waals surface area contributed by atoms with E-state index in [1.807, 2.05) is 6.92 Å². The van der Waals surface area contributed by atoms with Gasteiger partial charge < -0.3 is 20.1 Å². The van der Waals surface area contributed by atoms with Crippen molar-refractivity contribution in [1.82, 2.24) is 10.2 Å². The van der Waals surface area contributed by atoms with Crippen molar-refractivity contribution < 1.29 is 19.4 Å². The van der Waals surface area contributed by atoms with Crippen molar-refractivity contribution in [2.24, 2.45) is 5.92 Å². The summed E-state index contributed by atoms with van der Waals surface area (Å²) in [4.78, 5) is 25.0. The summed E-state index contributed by atoms with van der Waals surface area (Å²) in [5.74, 6) is -1.20. The molecule has 0 aromatic heterocycles. The number of ether oxygens (including phenoxy) is 1. The van der Waals surface area contributed by atoms with Crippen molar-refractivity contribution in [3.8, 4) is 0 Å². The molecule has 0 saturated carbocycles. The molecule has 3 atom stereocenters. The van der Waals surface area contributed by atoms with Gasteiger partial charge in [0, 0.05) is 18.6 Å². The Kier molecular flexibility index (Phi) is 4.65. The number of amides is 2. The van der Waals surface area contributed by atoms with Crippen LogP contribution in [0.5, 0.6) is 0 Å². The van der Waals surface area contributed by atoms with Crippen LogP contribution in [0.4, 0.5) is 4.79 Å². The maximum absolute atomic E-state index is 12.1. The number of carboxylic acids is 1. The summed E-state index contributed by atoms with van der Waals surface area (Å²) in [6.45, 7) is 6.97. The molecule has 0 aliphatic carbocycles. The molecule has 20 heavy (non-hydrogen) atoms. The van der Waals surface area contributed by atoms with E-state index < -0.39 is 11.9 Å². The highest BCUT2D eigenvalue weighted by Gasteiger charge is 2.51. The van der Waals surface area contributed by atoms with Crippen molar-refractivity contribution in [1.29, 1.82) is 0 Å². The summed E-state index contributed by atoms with van der Waals surface area (Å²) in [6.07, 6.45) is 2.29. The summed E-state index contributed by atoms with van der Waals surface area (Å²) in [5.41, 5.74) is 0.943. The molecule has 2 aliphatic rings. The van der Waals surface area contributed by atoms with Crippen molar-refractivity contribution in [3.63, 3.8) is 0 Å². The molecule has 0 spiro atoms. The topological polar surface area (TPSA) is 78.9 Å². The Labute approximate surface area is 118 Å². The highest BCUT2D eigenvalue weighted by atomic mass is 16.5. The number of carbonyl (C=O) groups is 2. The maximum atomic E-state index is 12.1. The van der Waals surface area contributed by atoms with E-state index >= 15 is 0 Å². The first kappa shape index (κ1) is 14.8. The molecule has 2 bridgehead atoms. The van der Waals surface area contributed by atoms with Gasteiger partial charge in [0.25, 0.3) is 0 Å². The predicted octanol–water partition coefficient (Wildman–Crippen LogP) is 1.23. The lowest BCUT2D eigenvalue weighted by atomic mass is 9.89. The molecule has 2 heterocycles. The number of carboxylic acid groups (broad SMARTS) is 1. The number of hydrogen-bond donors (Lipinski definition) is 2. The van der Waals surface area contributed by atoms with Gasteiger partial charge >= 0.3 is 12.0 Å². The number of rotatable bonds is 6. The van der Waals surface area contributed by atoms with E-state index in [2.05, 4.69) is 11.9 Å². The smallest absolute Gasteiger partial charge is 0.318 e. The number of nitrogens with one attached hydrogen (secondary N) is 1. The van der Waals surface area contributed by atoms with Gasteiger partial charge in [0.2, 0.25) is 0 Å². The molecule has 2 aliphatic heterocycles. The monoisotopic (exact) mass is 282 g/mol. The van der Waals surface area contributed by atoms with Crippen LogP contribution in [-0.2, 0) is 9.53 Å². The molecular formula is C14H22N2O4. The molecular weight excluding hydrogens is 260 g/mol. The fraction of sp³-hybridized carbons (Fsp3) is 0.714. The minimum Gasteiger partial charge on any atom is -0.481 e. The molecule has 0 radical (unpaired) electrons. The first-order valence-corrected chi connectivity index (χ1v) is 7.01. The van der Waals surface area contributed by atoms with Gasteiger partial charge in [-0.25, -0.2) is 4.79 Å². The summed E-state index contributed by atoms with van der Waals surface area (Å²) in [7, 11) is 0. The van der Waals surface area contributed by atoms with E-state index in [1.165, 1.54) is 0 Å². The fourth-order valence-electron chi connectivity index (χ4n) is 3.14. The van der Waals surface area contributed by atoms with Crippen LogP contribution in [0.3, 0.4) is 0 Å². The summed E-state index contributed by atoms with van der Waals surface area (Å²) in [5, 5.41) is 11.9. The highest BCUT2D eigenvalue weighted by molar-refractivity contribution is 5.79. The number of urea groups is 1. The summed E-state index contributed by atoms with van der Waals surface area (Å²) >= 11 is 0. The van der Waals surface area contributed by atoms with Gasteiger partial charge in [-0.15, -0.1) is 0 Å². The summed E-state index contributed by atoms with van der Waals surface area (Å²) in [6, 6.07) is -0.230. The molecule has 0 aromatic rings. The normalized spacial score (nSPS) is 27.6. The molecule has 2 amide bonds. The molecule has 2 rings (SSSR count). The van der Waals surface area contributed by atoms with Gasteiger partial charge in [0.1, 0.15) is 0 Å². The Morgan fingerprint density at radius 1 is 1.45 bits per heavy atom. The third-order valence-corrected chi connectivity index (χ3v) is 3.96. The summed E-state index contributed by atoms with van der Waals surface area (Å²) < 4.78 is 5.31. The van der Waals surface area contributed by atoms with Crippen molar-refractivity contribution in [2.75, 3.05) is 19.8 Å². The van der Waals surface area contributed by atoms with Gasteiger partial charge in [0.15, 0.2) is 0 Å². The van der Waals surface area contributed by atoms with E-state index in [1.54, 1.807) is 4.90 Å². The van der Waals surface area contributed by atoms with E-state index in [4.69, 9.17) is 9.84 Å². The predicted molar refractivity (Wildman–Crippen MR) is 73.4 cm³/mol. The first-order chi connectivity index (χ1) is 9.50. The van der Waals surface area contributed by atoms with Crippen LogP contribution in [0.2, 0.25) is 0 Å². The van der Waals surface area contributed by atoms with Crippen molar-refractivity contribution in [3.05, 3.63) is 12.2 Å². The Morgan fingerprint density at radius 3 is 2.80 bits per heavy atom. The number of nitrogens with zero attached hydrogens (tertiary/aromatic N) is 1. The minimum absolute atomic E-state index is 0.0810. The van der Waals surface area contributed by atoms with Crippen LogP contribution < -0.4 is 5.32 Å². The quantitative estimate of drug-likeness (QED) is 0.567. The van der Waals surface area contributed by atoms with Crippen LogP contribution in [0.15, 0.2) is 12.2 Å². The van der Waals surface area contributed by atoms with E-state index in [-0.39, 0.29) is 18.1 Å². The Morgan fingerprint density at radius 2 is 2.20 bits per heavy atom. The molecule has 6 nitrogen and oxygen atoms in total. The second-order valence-corrected chi connectivity index (χ2v) is 5.63. The van der Waals surface area contributed by atoms with Crippen LogP contribution in [0.25, 0.3) is 0 Å². The average molecular weight is 282 g/mol. The molecule has 3 unspecified atom stereocenters. The zero-order chi connectivity index (χ0) is 14.7. The number of hydrogen-bond acceptors (Lipinski definition) is 3. The zero-order valence-corrected chi connectivity index (χ0v) is 11.8. The van der Waals surface area contributed by atoms with Crippen LogP contribution in [0, 0.1) is 5.92 Å². The third kappa shape index (κ3) is 3.12. The number of carbonyl (C=O) groups excluding carboxylic acids is 1. The second-order valence-electron chi connectivity index (χ2n) is 5.63. The Hall–Kier alpha value is -1.56. The number of aliphatic carboxylic acids is 1. The molecule has 112 valence electrons. The third-order valence-electron chi connectivity index (χ3n) is 3.96. The Bertz CT molecular complexity index is 410. The number of fused-ring (bicyclic) bond motifs is 2. The second kappa shape index (κ2) is 6.26. The van der Waals surface area contributed by atoms with Crippen LogP contribution in [-0.4, -0.2) is 53.8 Å². The van der Waals surface area contributed by atoms with Crippen LogP contribution in [0.1, 0.15) is 26.2 Å². The standard InChI is InChI=1S/C14H22N2O4/c1-9(2)8-20-6-5-15-14(19)16-10-3-4-12(16)11(7-10)13(17)18/h10-12H,1,3-8H2,2H3,(H,15,19)(H,17,18). The van der Waals surface area contributed by atoms with Crippen molar-refractivity contribution in [2.45, 2.75) is 38.3 Å². The van der Waals surface area contributed by atoms with Gasteiger partial charge in [-0.1, -0.05) is 12.2 Å². The molecule has 2 N–H and O–H groups in total. The van der Waals surface area contributed by atoms with Gasteiger partial charge in [0.05, 0.1) is 19.1 Å². The van der Waals surface area contributed by atoms with Gasteiger partial charge in [-0.2, -0.15) is 0 Å². The molecule has 2 saturated heterocycles. The van der Waals surface area contributed by atoms with E-state index in [0.29, 0.717) is 26.2 Å². The van der Waals surface area contributed by atoms with E-state index in [0.717, 1.165) is 18.4 Å². The molecule has 0 aromatic carbocycles. The van der Waals surface area contributed by atoms with Crippen molar-refractivity contribution >= 4 is 12.0 Å². The SMILES string of the molecule is C=C(C)COCCNC(=O)N1C2CCC1C(C(=O)O)C2. The highest BCUT2D eigenvalue weighted by Crippen LogP contribution is 2.41. The van der Waals surface area contributed by atoms with E-state index in [9.17, 15) is 9.59 Å². The average Bonchev–Trinajstić information content (AvgIpc) is 2.95. The zero-order valence-electron chi connectivity index (χ0n) is 11.8. The lowest BCUT2D eigenvalue weighted by molar-refractivity contribution is -0.142. The lowest BCUT2D eigenvalue weighted by Gasteiger charge is -2.23. The Balaban J connectivity index is 1.76. The maximum Gasteiger partial charge on any atom is 0.318 e. The first-order valence-electron chi connectivity index (χ1n) is 7.01. The van der Waals surface area contributed by atoms with Crippen LogP contribution >= 0.6 is 0 Å². The molecule has 2 fully saturated rings. The minimum atomic E-state index is -0.792. The molecule has 6 heteroatoms. The van der Waals surface area contributed by atoms with Gasteiger partial charge in [-0.3, -0.25) is 4.79 Å². The fourth-order valence-corrected chi connectivity index (χ4v) is 3.14.